The summed E-state index contributed by atoms with van der Waals surface area (Å²) in [7, 11) is 0. The molecule has 2 N–H and O–H groups in total. The van der Waals surface area contributed by atoms with E-state index in [1.165, 1.54) is 6.07 Å². The van der Waals surface area contributed by atoms with Gasteiger partial charge in [0.2, 0.25) is 0 Å². The van der Waals surface area contributed by atoms with Gasteiger partial charge in [0.05, 0.1) is 5.69 Å². The Morgan fingerprint density at radius 1 is 1.13 bits per heavy atom. The lowest BCUT2D eigenvalue weighted by Gasteiger charge is -2.03. The van der Waals surface area contributed by atoms with Crippen LogP contribution in [0.25, 0.3) is 11.3 Å². The highest BCUT2D eigenvalue weighted by Crippen LogP contribution is 2.21. The van der Waals surface area contributed by atoms with Crippen LogP contribution in [0.4, 0.5) is 10.2 Å². The molecule has 4 heteroatoms. The molecule has 0 bridgehead atoms. The van der Waals surface area contributed by atoms with E-state index in [0.29, 0.717) is 17.1 Å². The molecule has 2 rings (SSSR count). The first-order valence-electron chi connectivity index (χ1n) is 4.52. The first-order chi connectivity index (χ1) is 7.16. The summed E-state index contributed by atoms with van der Waals surface area (Å²) in [4.78, 5) is 0. The van der Waals surface area contributed by atoms with E-state index >= 15 is 0 Å². The molecule has 2 aromatic rings. The number of hydrogen-bond acceptors (Lipinski definition) is 3. The molecule has 0 aliphatic heterocycles. The number of nitrogens with zero attached hydrogens (tertiary/aromatic N) is 2. The molecule has 0 saturated heterocycles. The van der Waals surface area contributed by atoms with Crippen LogP contribution in [0.15, 0.2) is 30.3 Å². The third kappa shape index (κ3) is 1.93. The summed E-state index contributed by atoms with van der Waals surface area (Å²) in [5, 5.41) is 7.52. The highest BCUT2D eigenvalue weighted by atomic mass is 19.1. The fraction of sp³-hybridized carbons (Fsp3) is 0.0909. The molecule has 1 heterocycles. The number of nitrogen functional groups attached to an aromatic ring is 1. The molecule has 15 heavy (non-hydrogen) atoms. The van der Waals surface area contributed by atoms with E-state index in [1.807, 2.05) is 6.92 Å². The fourth-order valence-corrected chi connectivity index (χ4v) is 1.32. The monoisotopic (exact) mass is 203 g/mol. The average Bonchev–Trinajstić information content (AvgIpc) is 2.23. The van der Waals surface area contributed by atoms with Crippen LogP contribution in [-0.4, -0.2) is 10.2 Å². The number of rotatable bonds is 1. The molecule has 0 unspecified atom stereocenters. The van der Waals surface area contributed by atoms with E-state index in [0.717, 1.165) is 5.56 Å². The van der Waals surface area contributed by atoms with Crippen LogP contribution in [-0.2, 0) is 0 Å². The highest BCUT2D eigenvalue weighted by Gasteiger charge is 2.06. The van der Waals surface area contributed by atoms with Crippen molar-refractivity contribution in [3.8, 4) is 11.3 Å². The van der Waals surface area contributed by atoms with Gasteiger partial charge in [0.1, 0.15) is 11.6 Å². The summed E-state index contributed by atoms with van der Waals surface area (Å²) in [5.41, 5.74) is 7.32. The van der Waals surface area contributed by atoms with E-state index in [9.17, 15) is 4.39 Å². The largest absolute Gasteiger partial charge is 0.382 e. The Bertz CT molecular complexity index is 480. The van der Waals surface area contributed by atoms with Crippen LogP contribution in [0.1, 0.15) is 5.56 Å². The lowest BCUT2D eigenvalue weighted by Crippen LogP contribution is -1.95. The maximum absolute atomic E-state index is 13.5. The lowest BCUT2D eigenvalue weighted by atomic mass is 10.1. The zero-order chi connectivity index (χ0) is 10.8. The second-order valence-electron chi connectivity index (χ2n) is 3.33. The van der Waals surface area contributed by atoms with Crippen molar-refractivity contribution in [3.05, 3.63) is 41.7 Å². The molecule has 0 amide bonds. The van der Waals surface area contributed by atoms with Gasteiger partial charge in [-0.2, -0.15) is 0 Å². The second-order valence-corrected chi connectivity index (χ2v) is 3.33. The predicted octanol–water partition coefficient (Wildman–Crippen LogP) is 2.17. The number of anilines is 1. The predicted molar refractivity (Wildman–Crippen MR) is 56.6 cm³/mol. The third-order valence-corrected chi connectivity index (χ3v) is 2.08. The normalized spacial score (nSPS) is 10.3. The molecule has 3 nitrogen and oxygen atoms in total. The SMILES string of the molecule is Cc1ccc(F)c(-c2ccc(N)nn2)c1. The highest BCUT2D eigenvalue weighted by molar-refractivity contribution is 5.61. The molecular weight excluding hydrogens is 193 g/mol. The van der Waals surface area contributed by atoms with E-state index in [1.54, 1.807) is 24.3 Å². The summed E-state index contributed by atoms with van der Waals surface area (Å²) in [5.74, 6) is 0.0199. The third-order valence-electron chi connectivity index (χ3n) is 2.08. The lowest BCUT2D eigenvalue weighted by molar-refractivity contribution is 0.630. The summed E-state index contributed by atoms with van der Waals surface area (Å²) in [6, 6.07) is 8.12. The maximum atomic E-state index is 13.5. The number of nitrogens with two attached hydrogens (primary N) is 1. The summed E-state index contributed by atoms with van der Waals surface area (Å²) in [6.45, 7) is 1.90. The standard InChI is InChI=1S/C11H10FN3/c1-7-2-3-9(12)8(6-7)10-4-5-11(13)15-14-10/h2-6H,1H3,(H2,13,15). The summed E-state index contributed by atoms with van der Waals surface area (Å²) < 4.78 is 13.5. The van der Waals surface area contributed by atoms with Crippen molar-refractivity contribution in [1.82, 2.24) is 10.2 Å². The number of hydrogen-bond donors (Lipinski definition) is 1. The van der Waals surface area contributed by atoms with Crippen LogP contribution < -0.4 is 5.73 Å². The topological polar surface area (TPSA) is 51.8 Å². The first kappa shape index (κ1) is 9.58. The Balaban J connectivity index is 2.53. The first-order valence-corrected chi connectivity index (χ1v) is 4.52. The van der Waals surface area contributed by atoms with Gasteiger partial charge in [-0.25, -0.2) is 4.39 Å². The Morgan fingerprint density at radius 3 is 2.60 bits per heavy atom. The van der Waals surface area contributed by atoms with Crippen molar-refractivity contribution >= 4 is 5.82 Å². The summed E-state index contributed by atoms with van der Waals surface area (Å²) in [6.07, 6.45) is 0. The minimum Gasteiger partial charge on any atom is -0.382 e. The smallest absolute Gasteiger partial charge is 0.146 e. The molecule has 0 aliphatic rings. The van der Waals surface area contributed by atoms with Gasteiger partial charge in [-0.05, 0) is 31.2 Å². The van der Waals surface area contributed by atoms with Crippen LogP contribution in [0, 0.1) is 12.7 Å². The van der Waals surface area contributed by atoms with E-state index < -0.39 is 0 Å². The summed E-state index contributed by atoms with van der Waals surface area (Å²) >= 11 is 0. The quantitative estimate of drug-likeness (QED) is 0.772. The maximum Gasteiger partial charge on any atom is 0.146 e. The Morgan fingerprint density at radius 2 is 1.93 bits per heavy atom. The van der Waals surface area contributed by atoms with Gasteiger partial charge in [0, 0.05) is 5.56 Å². The van der Waals surface area contributed by atoms with Crippen LogP contribution >= 0.6 is 0 Å². The van der Waals surface area contributed by atoms with Crippen molar-refractivity contribution in [3.63, 3.8) is 0 Å². The molecule has 0 aliphatic carbocycles. The minimum absolute atomic E-state index is 0.306. The molecule has 0 atom stereocenters. The van der Waals surface area contributed by atoms with Crippen molar-refractivity contribution in [2.45, 2.75) is 6.92 Å². The van der Waals surface area contributed by atoms with Gasteiger partial charge < -0.3 is 5.73 Å². The second kappa shape index (κ2) is 3.65. The Kier molecular flexibility index (Phi) is 2.33. The molecule has 0 saturated carbocycles. The van der Waals surface area contributed by atoms with Gasteiger partial charge in [-0.3, -0.25) is 0 Å². The van der Waals surface area contributed by atoms with Crippen LogP contribution in [0.5, 0.6) is 0 Å². The molecule has 0 radical (unpaired) electrons. The van der Waals surface area contributed by atoms with Crippen LogP contribution in [0.2, 0.25) is 0 Å². The minimum atomic E-state index is -0.306. The van der Waals surface area contributed by atoms with E-state index in [-0.39, 0.29) is 5.82 Å². The van der Waals surface area contributed by atoms with Crippen molar-refractivity contribution in [1.29, 1.82) is 0 Å². The average molecular weight is 203 g/mol. The number of benzene rings is 1. The van der Waals surface area contributed by atoms with Gasteiger partial charge in [0.25, 0.3) is 0 Å². The van der Waals surface area contributed by atoms with Crippen LogP contribution in [0.3, 0.4) is 0 Å². The molecule has 1 aromatic heterocycles. The van der Waals surface area contributed by atoms with Gasteiger partial charge in [0.15, 0.2) is 0 Å². The number of aromatic nitrogens is 2. The van der Waals surface area contributed by atoms with Crippen molar-refractivity contribution in [2.24, 2.45) is 0 Å². The van der Waals surface area contributed by atoms with E-state index in [4.69, 9.17) is 5.73 Å². The number of halogens is 1. The van der Waals surface area contributed by atoms with Crippen molar-refractivity contribution < 1.29 is 4.39 Å². The Labute approximate surface area is 86.8 Å². The molecule has 0 fully saturated rings. The number of aryl methyl sites for hydroxylation is 1. The molecule has 0 spiro atoms. The molecule has 1 aromatic carbocycles. The van der Waals surface area contributed by atoms with Gasteiger partial charge >= 0.3 is 0 Å². The van der Waals surface area contributed by atoms with E-state index in [2.05, 4.69) is 10.2 Å². The van der Waals surface area contributed by atoms with Gasteiger partial charge in [-0.15, -0.1) is 10.2 Å². The molecule has 76 valence electrons. The zero-order valence-corrected chi connectivity index (χ0v) is 8.24. The zero-order valence-electron chi connectivity index (χ0n) is 8.24. The molecular formula is C11H10FN3. The Hall–Kier alpha value is -1.97. The van der Waals surface area contributed by atoms with Crippen molar-refractivity contribution in [2.75, 3.05) is 5.73 Å². The van der Waals surface area contributed by atoms with Gasteiger partial charge in [-0.1, -0.05) is 11.6 Å². The fourth-order valence-electron chi connectivity index (χ4n) is 1.32.